The number of likely N-dealkylation sites (N-methyl/N-ethyl adjacent to an activating group) is 1. The first kappa shape index (κ1) is 17.7. The Balaban J connectivity index is 1.86. The van der Waals surface area contributed by atoms with Crippen LogP contribution in [-0.2, 0) is 11.3 Å². The van der Waals surface area contributed by atoms with Gasteiger partial charge in [-0.2, -0.15) is 4.98 Å². The number of nitrogens with zero attached hydrogens (tertiary/aromatic N) is 7. The Morgan fingerprint density at radius 3 is 2.58 bits per heavy atom. The van der Waals surface area contributed by atoms with Gasteiger partial charge in [-0.05, 0) is 22.9 Å². The number of aromatic nitrogens is 6. The molecule has 0 aliphatic heterocycles. The fraction of sp³-hybridized carbons (Fsp3) is 0.412. The van der Waals surface area contributed by atoms with Gasteiger partial charge < -0.3 is 9.42 Å². The van der Waals surface area contributed by atoms with Crippen molar-refractivity contribution >= 4 is 5.91 Å². The molecule has 0 aliphatic rings. The van der Waals surface area contributed by atoms with Crippen LogP contribution >= 0.6 is 0 Å². The summed E-state index contributed by atoms with van der Waals surface area (Å²) in [5.41, 5.74) is 0.802. The molecule has 0 aliphatic carbocycles. The monoisotopic (exact) mass is 355 g/mol. The highest BCUT2D eigenvalue weighted by Crippen LogP contribution is 2.21. The molecule has 0 bridgehead atoms. The molecule has 136 valence electrons. The summed E-state index contributed by atoms with van der Waals surface area (Å²) in [6, 6.07) is 8.75. The van der Waals surface area contributed by atoms with E-state index in [0.717, 1.165) is 5.56 Å². The maximum atomic E-state index is 13.2. The molecule has 1 amide bonds. The first-order valence-corrected chi connectivity index (χ1v) is 8.34. The molecule has 9 heteroatoms. The molecule has 2 heterocycles. The average Bonchev–Trinajstić information content (AvgIpc) is 3.26. The molecule has 3 rings (SSSR count). The van der Waals surface area contributed by atoms with E-state index in [-0.39, 0.29) is 18.4 Å². The number of tetrazole rings is 1. The topological polar surface area (TPSA) is 103 Å². The van der Waals surface area contributed by atoms with E-state index < -0.39 is 6.04 Å². The van der Waals surface area contributed by atoms with Crippen LogP contribution in [0, 0.1) is 6.92 Å². The van der Waals surface area contributed by atoms with Gasteiger partial charge in [0, 0.05) is 13.0 Å². The third-order valence-corrected chi connectivity index (χ3v) is 3.98. The molecule has 1 atom stereocenters. The Labute approximate surface area is 151 Å². The number of amides is 1. The smallest absolute Gasteiger partial charge is 0.252 e. The zero-order valence-electron chi connectivity index (χ0n) is 15.2. The average molecular weight is 355 g/mol. The Kier molecular flexibility index (Phi) is 5.06. The fourth-order valence-electron chi connectivity index (χ4n) is 2.57. The molecular formula is C17H21N7O2. The summed E-state index contributed by atoms with van der Waals surface area (Å²) in [6.45, 7) is 5.94. The zero-order chi connectivity index (χ0) is 18.7. The van der Waals surface area contributed by atoms with Crippen molar-refractivity contribution in [2.75, 3.05) is 7.05 Å². The molecular weight excluding hydrogens is 334 g/mol. The predicted molar refractivity (Wildman–Crippen MR) is 92.0 cm³/mol. The van der Waals surface area contributed by atoms with Crippen LogP contribution in [0.1, 0.15) is 48.9 Å². The van der Waals surface area contributed by atoms with Gasteiger partial charge in [0.15, 0.2) is 11.9 Å². The van der Waals surface area contributed by atoms with E-state index in [4.69, 9.17) is 4.52 Å². The number of carbonyl (C=O) groups excluding carboxylic acids is 1. The van der Waals surface area contributed by atoms with Crippen molar-refractivity contribution in [2.24, 2.45) is 0 Å². The van der Waals surface area contributed by atoms with E-state index in [1.165, 1.54) is 4.68 Å². The summed E-state index contributed by atoms with van der Waals surface area (Å²) >= 11 is 0. The number of hydrogen-bond acceptors (Lipinski definition) is 7. The van der Waals surface area contributed by atoms with Gasteiger partial charge in [-0.15, -0.1) is 5.10 Å². The third kappa shape index (κ3) is 3.61. The normalized spacial score (nSPS) is 12.3. The second-order valence-electron chi connectivity index (χ2n) is 6.38. The Bertz CT molecular complexity index is 872. The summed E-state index contributed by atoms with van der Waals surface area (Å²) in [5, 5.41) is 15.5. The molecule has 1 aromatic carbocycles. The van der Waals surface area contributed by atoms with Crippen LogP contribution in [-0.4, -0.2) is 48.2 Å². The number of benzene rings is 1. The summed E-state index contributed by atoms with van der Waals surface area (Å²) in [6.07, 6.45) is 0. The van der Waals surface area contributed by atoms with Gasteiger partial charge in [-0.1, -0.05) is 49.3 Å². The van der Waals surface area contributed by atoms with Crippen LogP contribution in [0.25, 0.3) is 0 Å². The van der Waals surface area contributed by atoms with Crippen LogP contribution in [0.2, 0.25) is 0 Å². The van der Waals surface area contributed by atoms with Crippen molar-refractivity contribution in [1.82, 2.24) is 35.2 Å². The highest BCUT2D eigenvalue weighted by atomic mass is 16.5. The van der Waals surface area contributed by atoms with Gasteiger partial charge in [0.05, 0.1) is 6.54 Å². The molecule has 0 N–H and O–H groups in total. The molecule has 0 saturated heterocycles. The second kappa shape index (κ2) is 7.42. The van der Waals surface area contributed by atoms with E-state index in [0.29, 0.717) is 17.5 Å². The predicted octanol–water partition coefficient (Wildman–Crippen LogP) is 1.74. The second-order valence-corrected chi connectivity index (χ2v) is 6.38. The molecule has 0 spiro atoms. The van der Waals surface area contributed by atoms with E-state index in [1.807, 2.05) is 44.2 Å². The maximum Gasteiger partial charge on any atom is 0.252 e. The number of carbonyl (C=O) groups is 1. The number of hydrogen-bond donors (Lipinski definition) is 0. The molecule has 0 radical (unpaired) electrons. The van der Waals surface area contributed by atoms with E-state index in [1.54, 1.807) is 18.9 Å². The molecule has 2 aromatic heterocycles. The van der Waals surface area contributed by atoms with Gasteiger partial charge >= 0.3 is 0 Å². The van der Waals surface area contributed by atoms with Crippen molar-refractivity contribution in [3.05, 3.63) is 53.4 Å². The van der Waals surface area contributed by atoms with Crippen molar-refractivity contribution in [3.63, 3.8) is 0 Å². The zero-order valence-corrected chi connectivity index (χ0v) is 15.2. The SMILES string of the molecule is Cc1nnnn1C(C(=O)N(C)Cc1noc(C(C)C)n1)c1ccccc1. The molecule has 1 unspecified atom stereocenters. The van der Waals surface area contributed by atoms with Crippen molar-refractivity contribution in [2.45, 2.75) is 39.3 Å². The molecule has 26 heavy (non-hydrogen) atoms. The minimum atomic E-state index is -0.660. The molecule has 9 nitrogen and oxygen atoms in total. The quantitative estimate of drug-likeness (QED) is 0.663. The summed E-state index contributed by atoms with van der Waals surface area (Å²) in [7, 11) is 1.70. The largest absolute Gasteiger partial charge is 0.339 e. The van der Waals surface area contributed by atoms with Gasteiger partial charge in [-0.3, -0.25) is 4.79 Å². The molecule has 0 fully saturated rings. The van der Waals surface area contributed by atoms with E-state index >= 15 is 0 Å². The Morgan fingerprint density at radius 2 is 2.00 bits per heavy atom. The third-order valence-electron chi connectivity index (χ3n) is 3.98. The lowest BCUT2D eigenvalue weighted by Gasteiger charge is -2.23. The van der Waals surface area contributed by atoms with Crippen LogP contribution in [0.5, 0.6) is 0 Å². The minimum Gasteiger partial charge on any atom is -0.339 e. The van der Waals surface area contributed by atoms with Gasteiger partial charge in [0.2, 0.25) is 5.89 Å². The summed E-state index contributed by atoms with van der Waals surface area (Å²) < 4.78 is 6.72. The van der Waals surface area contributed by atoms with Crippen molar-refractivity contribution < 1.29 is 9.32 Å². The van der Waals surface area contributed by atoms with Gasteiger partial charge in [0.25, 0.3) is 5.91 Å². The lowest BCUT2D eigenvalue weighted by molar-refractivity contribution is -0.133. The van der Waals surface area contributed by atoms with Crippen LogP contribution < -0.4 is 0 Å². The lowest BCUT2D eigenvalue weighted by atomic mass is 10.1. The van der Waals surface area contributed by atoms with Crippen molar-refractivity contribution in [1.29, 1.82) is 0 Å². The number of aryl methyl sites for hydroxylation is 1. The Morgan fingerprint density at radius 1 is 1.27 bits per heavy atom. The van der Waals surface area contributed by atoms with E-state index in [2.05, 4.69) is 25.7 Å². The van der Waals surface area contributed by atoms with Gasteiger partial charge in [-0.25, -0.2) is 4.68 Å². The number of rotatable bonds is 6. The Hall–Kier alpha value is -3.10. The fourth-order valence-corrected chi connectivity index (χ4v) is 2.57. The van der Waals surface area contributed by atoms with Gasteiger partial charge in [0.1, 0.15) is 5.82 Å². The van der Waals surface area contributed by atoms with E-state index in [9.17, 15) is 4.79 Å². The van der Waals surface area contributed by atoms with Crippen molar-refractivity contribution in [3.8, 4) is 0 Å². The summed E-state index contributed by atoms with van der Waals surface area (Å²) in [4.78, 5) is 19.0. The summed E-state index contributed by atoms with van der Waals surface area (Å²) in [5.74, 6) is 1.55. The van der Waals surface area contributed by atoms with Crippen LogP contribution in [0.15, 0.2) is 34.9 Å². The molecule has 3 aromatic rings. The highest BCUT2D eigenvalue weighted by molar-refractivity contribution is 5.83. The minimum absolute atomic E-state index is 0.137. The van der Waals surface area contributed by atoms with Crippen LogP contribution in [0.3, 0.4) is 0 Å². The van der Waals surface area contributed by atoms with Crippen LogP contribution in [0.4, 0.5) is 0 Å². The molecule has 0 saturated carbocycles. The first-order valence-electron chi connectivity index (χ1n) is 8.34. The highest BCUT2D eigenvalue weighted by Gasteiger charge is 2.29. The maximum absolute atomic E-state index is 13.2. The standard InChI is InChI=1S/C17H21N7O2/c1-11(2)16-18-14(20-26-16)10-23(4)17(25)15(13-8-6-5-7-9-13)24-12(3)19-21-22-24/h5-9,11,15H,10H2,1-4H3. The lowest BCUT2D eigenvalue weighted by Crippen LogP contribution is -2.36. The first-order chi connectivity index (χ1) is 12.5.